The van der Waals surface area contributed by atoms with Crippen LogP contribution in [-0.4, -0.2) is 34.2 Å². The van der Waals surface area contributed by atoms with Gasteiger partial charge in [-0.25, -0.2) is 0 Å². The number of thioether (sulfide) groups is 1. The lowest BCUT2D eigenvalue weighted by Crippen LogP contribution is -2.36. The number of hydrogen-bond donors (Lipinski definition) is 1. The second kappa shape index (κ2) is 9.63. The highest BCUT2D eigenvalue weighted by Crippen LogP contribution is 2.33. The molecule has 0 spiro atoms. The molecule has 29 heavy (non-hydrogen) atoms. The SMILES string of the molecule is CCOc1ccc(C=C2SC(=S)N(CC(=O)Nc3ccc(Cl)cc3Cl)C2=O)cc1. The van der Waals surface area contributed by atoms with Gasteiger partial charge in [-0.3, -0.25) is 14.5 Å². The summed E-state index contributed by atoms with van der Waals surface area (Å²) in [6.07, 6.45) is 1.74. The van der Waals surface area contributed by atoms with Gasteiger partial charge >= 0.3 is 0 Å². The van der Waals surface area contributed by atoms with Crippen LogP contribution in [0.2, 0.25) is 10.0 Å². The highest BCUT2D eigenvalue weighted by atomic mass is 35.5. The van der Waals surface area contributed by atoms with Crippen molar-refractivity contribution < 1.29 is 14.3 Å². The molecular weight excluding hydrogens is 451 g/mol. The molecule has 150 valence electrons. The van der Waals surface area contributed by atoms with Crippen molar-refractivity contribution in [1.29, 1.82) is 0 Å². The van der Waals surface area contributed by atoms with E-state index >= 15 is 0 Å². The van der Waals surface area contributed by atoms with Gasteiger partial charge in [-0.2, -0.15) is 0 Å². The number of hydrogen-bond acceptors (Lipinski definition) is 5. The number of carbonyl (C=O) groups is 2. The predicted molar refractivity (Wildman–Crippen MR) is 123 cm³/mol. The Morgan fingerprint density at radius 3 is 2.62 bits per heavy atom. The van der Waals surface area contributed by atoms with Gasteiger partial charge in [0.15, 0.2) is 0 Å². The maximum atomic E-state index is 12.7. The quantitative estimate of drug-likeness (QED) is 0.466. The molecule has 3 rings (SSSR count). The van der Waals surface area contributed by atoms with E-state index in [1.807, 2.05) is 31.2 Å². The molecule has 2 aromatic rings. The standard InChI is InChI=1S/C20H16Cl2N2O3S2/c1-2-27-14-6-3-12(4-7-14)9-17-19(26)24(20(28)29-17)11-18(25)23-16-8-5-13(21)10-15(16)22/h3-10H,2,11H2,1H3,(H,23,25). The van der Waals surface area contributed by atoms with E-state index in [0.717, 1.165) is 23.1 Å². The van der Waals surface area contributed by atoms with Crippen LogP contribution in [0.15, 0.2) is 47.4 Å². The number of rotatable bonds is 6. The summed E-state index contributed by atoms with van der Waals surface area (Å²) in [6, 6.07) is 12.1. The Morgan fingerprint density at radius 1 is 1.24 bits per heavy atom. The zero-order valence-corrected chi connectivity index (χ0v) is 18.4. The van der Waals surface area contributed by atoms with E-state index in [-0.39, 0.29) is 12.5 Å². The second-order valence-corrected chi connectivity index (χ2v) is 8.46. The summed E-state index contributed by atoms with van der Waals surface area (Å²) in [4.78, 5) is 26.8. The summed E-state index contributed by atoms with van der Waals surface area (Å²) < 4.78 is 5.73. The van der Waals surface area contributed by atoms with Crippen LogP contribution in [0.25, 0.3) is 6.08 Å². The van der Waals surface area contributed by atoms with Crippen LogP contribution in [0.4, 0.5) is 5.69 Å². The third kappa shape index (κ3) is 5.51. The number of carbonyl (C=O) groups excluding carboxylic acids is 2. The van der Waals surface area contributed by atoms with Crippen molar-refractivity contribution in [3.8, 4) is 5.75 Å². The van der Waals surface area contributed by atoms with Gasteiger partial charge in [-0.05, 0) is 48.9 Å². The number of nitrogens with zero attached hydrogens (tertiary/aromatic N) is 1. The number of ether oxygens (including phenoxy) is 1. The van der Waals surface area contributed by atoms with Crippen molar-refractivity contribution in [2.75, 3.05) is 18.5 Å². The molecule has 2 amide bonds. The number of anilines is 1. The highest BCUT2D eigenvalue weighted by molar-refractivity contribution is 8.26. The Kier molecular flexibility index (Phi) is 7.18. The Morgan fingerprint density at radius 2 is 1.97 bits per heavy atom. The second-order valence-electron chi connectivity index (χ2n) is 5.94. The monoisotopic (exact) mass is 466 g/mol. The molecule has 9 heteroatoms. The zero-order chi connectivity index (χ0) is 21.0. The van der Waals surface area contributed by atoms with Crippen LogP contribution >= 0.6 is 47.2 Å². The average molecular weight is 467 g/mol. The third-order valence-corrected chi connectivity index (χ3v) is 5.79. The maximum Gasteiger partial charge on any atom is 0.266 e. The van der Waals surface area contributed by atoms with E-state index in [9.17, 15) is 9.59 Å². The first-order valence-corrected chi connectivity index (χ1v) is 10.6. The maximum absolute atomic E-state index is 12.7. The molecule has 0 aliphatic carbocycles. The largest absolute Gasteiger partial charge is 0.494 e. The summed E-state index contributed by atoms with van der Waals surface area (Å²) in [6.45, 7) is 2.29. The fraction of sp³-hybridized carbons (Fsp3) is 0.150. The van der Waals surface area contributed by atoms with Gasteiger partial charge in [0.25, 0.3) is 5.91 Å². The first-order valence-electron chi connectivity index (χ1n) is 8.60. The number of thiocarbonyl (C=S) groups is 1. The van der Waals surface area contributed by atoms with Gasteiger partial charge in [0.2, 0.25) is 5.91 Å². The van der Waals surface area contributed by atoms with Crippen LogP contribution in [0.5, 0.6) is 5.75 Å². The Balaban J connectivity index is 1.67. The first kappa shape index (κ1) is 21.6. The fourth-order valence-electron chi connectivity index (χ4n) is 2.54. The molecule has 1 aliphatic heterocycles. The van der Waals surface area contributed by atoms with Gasteiger partial charge in [-0.1, -0.05) is 59.3 Å². The first-order chi connectivity index (χ1) is 13.9. The van der Waals surface area contributed by atoms with E-state index in [1.165, 1.54) is 11.0 Å². The van der Waals surface area contributed by atoms with Crippen molar-refractivity contribution >= 4 is 75.1 Å². The Hall–Kier alpha value is -2.06. The normalized spacial score (nSPS) is 15.1. The molecule has 1 aliphatic rings. The summed E-state index contributed by atoms with van der Waals surface area (Å²) in [7, 11) is 0. The summed E-state index contributed by atoms with van der Waals surface area (Å²) in [5.41, 5.74) is 1.25. The molecule has 1 heterocycles. The van der Waals surface area contributed by atoms with Gasteiger partial charge in [0.05, 0.1) is 22.2 Å². The predicted octanol–water partition coefficient (Wildman–Crippen LogP) is 5.23. The van der Waals surface area contributed by atoms with Crippen molar-refractivity contribution in [1.82, 2.24) is 4.90 Å². The lowest BCUT2D eigenvalue weighted by molar-refractivity contribution is -0.126. The Bertz CT molecular complexity index is 994. The van der Waals surface area contributed by atoms with Crippen LogP contribution in [0.3, 0.4) is 0 Å². The third-order valence-electron chi connectivity index (χ3n) is 3.87. The minimum Gasteiger partial charge on any atom is -0.494 e. The summed E-state index contributed by atoms with van der Waals surface area (Å²) in [5.74, 6) is 0.0359. The van der Waals surface area contributed by atoms with Crippen molar-refractivity contribution in [2.45, 2.75) is 6.92 Å². The fourth-order valence-corrected chi connectivity index (χ4v) is 4.25. The lowest BCUT2D eigenvalue weighted by atomic mass is 10.2. The summed E-state index contributed by atoms with van der Waals surface area (Å²) in [5, 5.41) is 3.44. The number of nitrogens with one attached hydrogen (secondary N) is 1. The molecule has 2 aromatic carbocycles. The van der Waals surface area contributed by atoms with E-state index in [2.05, 4.69) is 5.32 Å². The smallest absolute Gasteiger partial charge is 0.266 e. The molecule has 0 unspecified atom stereocenters. The van der Waals surface area contributed by atoms with Crippen molar-refractivity contribution in [3.05, 3.63) is 63.0 Å². The Labute approximate surface area is 188 Å². The van der Waals surface area contributed by atoms with Gasteiger partial charge in [-0.15, -0.1) is 0 Å². The van der Waals surface area contributed by atoms with E-state index < -0.39 is 5.91 Å². The molecule has 0 bridgehead atoms. The van der Waals surface area contributed by atoms with Gasteiger partial charge in [0.1, 0.15) is 16.6 Å². The van der Waals surface area contributed by atoms with Crippen LogP contribution in [0.1, 0.15) is 12.5 Å². The molecule has 0 saturated carbocycles. The molecule has 0 atom stereocenters. The molecule has 0 radical (unpaired) electrons. The molecule has 5 nitrogen and oxygen atoms in total. The van der Waals surface area contributed by atoms with E-state index in [0.29, 0.717) is 31.6 Å². The molecule has 1 fully saturated rings. The van der Waals surface area contributed by atoms with Crippen molar-refractivity contribution in [2.24, 2.45) is 0 Å². The molecule has 0 aromatic heterocycles. The molecule has 1 N–H and O–H groups in total. The minimum atomic E-state index is -0.409. The number of benzene rings is 2. The lowest BCUT2D eigenvalue weighted by Gasteiger charge is -2.14. The van der Waals surface area contributed by atoms with E-state index in [1.54, 1.807) is 18.2 Å². The molecule has 1 saturated heterocycles. The van der Waals surface area contributed by atoms with E-state index in [4.69, 9.17) is 40.2 Å². The van der Waals surface area contributed by atoms with Gasteiger partial charge in [0, 0.05) is 5.02 Å². The number of halogens is 2. The zero-order valence-electron chi connectivity index (χ0n) is 15.3. The van der Waals surface area contributed by atoms with Crippen LogP contribution in [-0.2, 0) is 9.59 Å². The van der Waals surface area contributed by atoms with Crippen LogP contribution in [0, 0.1) is 0 Å². The molecular formula is C20H16Cl2N2O3S2. The van der Waals surface area contributed by atoms with Crippen LogP contribution < -0.4 is 10.1 Å². The average Bonchev–Trinajstić information content (AvgIpc) is 2.93. The topological polar surface area (TPSA) is 58.6 Å². The minimum absolute atomic E-state index is 0.204. The van der Waals surface area contributed by atoms with Gasteiger partial charge < -0.3 is 10.1 Å². The highest BCUT2D eigenvalue weighted by Gasteiger charge is 2.33. The summed E-state index contributed by atoms with van der Waals surface area (Å²) >= 11 is 18.4. The number of amides is 2. The van der Waals surface area contributed by atoms with Crippen molar-refractivity contribution in [3.63, 3.8) is 0 Å².